The van der Waals surface area contributed by atoms with Gasteiger partial charge in [0.05, 0.1) is 63.7 Å². The van der Waals surface area contributed by atoms with E-state index in [1.165, 1.54) is 0 Å². The molecule has 4 aromatic carbocycles. The first-order chi connectivity index (χ1) is 22.1. The van der Waals surface area contributed by atoms with Gasteiger partial charge in [0, 0.05) is 39.6 Å². The summed E-state index contributed by atoms with van der Waals surface area (Å²) in [5.74, 6) is -0.301. The molecule has 8 rings (SSSR count). The number of hydrogen-bond acceptors (Lipinski definition) is 4. The highest BCUT2D eigenvalue weighted by atomic mass is 15.0. The number of para-hydroxylation sites is 1. The van der Waals surface area contributed by atoms with Gasteiger partial charge in [-0.3, -0.25) is 4.98 Å². The average molecular weight is 577 g/mol. The SMILES string of the molecule is CC1c2c(n(-c3cc(-c4ccc(C#N)cc4)cc(-n4c5ccccc5c5ccncc54)c3)c3ccc(C#N)cc23)C=CC1C#N. The van der Waals surface area contributed by atoms with Crippen LogP contribution in [0.25, 0.3) is 61.3 Å². The minimum absolute atomic E-state index is 0.0442. The molecule has 2 atom stereocenters. The standard InChI is InChI=1S/C39H24N6/c1-24-28(22-42)11-13-37-39(24)34-16-26(21-41)8-12-36(34)44(37)30-17-29(27-9-6-25(20-40)7-10-27)18-31(19-30)45-35-5-3-2-4-32(35)33-14-15-43-23-38(33)45/h2-19,23-24,28H,1H3. The topological polar surface area (TPSA) is 94.1 Å². The Morgan fingerprint density at radius 2 is 1.38 bits per heavy atom. The zero-order chi connectivity index (χ0) is 30.7. The van der Waals surface area contributed by atoms with Gasteiger partial charge in [-0.15, -0.1) is 0 Å². The third-order valence-electron chi connectivity index (χ3n) is 9.02. The molecule has 0 bridgehead atoms. The van der Waals surface area contributed by atoms with Crippen molar-refractivity contribution in [3.63, 3.8) is 0 Å². The van der Waals surface area contributed by atoms with E-state index in [0.29, 0.717) is 11.1 Å². The summed E-state index contributed by atoms with van der Waals surface area (Å²) in [6, 6.07) is 37.4. The van der Waals surface area contributed by atoms with Crippen molar-refractivity contribution in [2.24, 2.45) is 5.92 Å². The molecule has 0 radical (unpaired) electrons. The lowest BCUT2D eigenvalue weighted by Gasteiger charge is -2.21. The molecular formula is C39H24N6. The highest BCUT2D eigenvalue weighted by Gasteiger charge is 2.29. The van der Waals surface area contributed by atoms with E-state index in [0.717, 1.165) is 66.5 Å². The van der Waals surface area contributed by atoms with Crippen molar-refractivity contribution in [3.8, 4) is 40.7 Å². The van der Waals surface area contributed by atoms with Gasteiger partial charge in [-0.25, -0.2) is 0 Å². The van der Waals surface area contributed by atoms with Crippen LogP contribution in [0.4, 0.5) is 0 Å². The summed E-state index contributed by atoms with van der Waals surface area (Å²) in [4.78, 5) is 4.49. The average Bonchev–Trinajstić information content (AvgIpc) is 3.61. The summed E-state index contributed by atoms with van der Waals surface area (Å²) in [5, 5.41) is 32.3. The van der Waals surface area contributed by atoms with Crippen molar-refractivity contribution in [2.45, 2.75) is 12.8 Å². The van der Waals surface area contributed by atoms with E-state index >= 15 is 0 Å². The molecule has 3 heterocycles. The molecule has 45 heavy (non-hydrogen) atoms. The molecule has 7 aromatic rings. The van der Waals surface area contributed by atoms with Gasteiger partial charge in [0.1, 0.15) is 0 Å². The number of nitrogens with zero attached hydrogens (tertiary/aromatic N) is 6. The zero-order valence-electron chi connectivity index (χ0n) is 24.3. The predicted octanol–water partition coefficient (Wildman–Crippen LogP) is 8.80. The Balaban J connectivity index is 1.48. The molecular weight excluding hydrogens is 552 g/mol. The number of aromatic nitrogens is 3. The Morgan fingerprint density at radius 1 is 0.667 bits per heavy atom. The molecule has 0 spiro atoms. The molecule has 0 fully saturated rings. The number of pyridine rings is 1. The van der Waals surface area contributed by atoms with Crippen LogP contribution < -0.4 is 0 Å². The van der Waals surface area contributed by atoms with Crippen LogP contribution in [-0.4, -0.2) is 14.1 Å². The molecule has 0 amide bonds. The molecule has 1 aliphatic carbocycles. The molecule has 6 nitrogen and oxygen atoms in total. The monoisotopic (exact) mass is 576 g/mol. The lowest BCUT2D eigenvalue weighted by molar-refractivity contribution is 0.654. The Morgan fingerprint density at radius 3 is 2.16 bits per heavy atom. The Hall–Kier alpha value is -6.42. The maximum Gasteiger partial charge on any atom is 0.0991 e. The highest BCUT2D eigenvalue weighted by molar-refractivity contribution is 6.09. The van der Waals surface area contributed by atoms with Crippen LogP contribution in [0.1, 0.15) is 35.2 Å². The van der Waals surface area contributed by atoms with Crippen molar-refractivity contribution in [1.82, 2.24) is 14.1 Å². The second kappa shape index (κ2) is 10.1. The van der Waals surface area contributed by atoms with Gasteiger partial charge >= 0.3 is 0 Å². The number of rotatable bonds is 3. The molecule has 3 aromatic heterocycles. The Bertz CT molecular complexity index is 2440. The number of nitriles is 3. The maximum absolute atomic E-state index is 9.91. The summed E-state index contributed by atoms with van der Waals surface area (Å²) in [5.41, 5.74) is 10.2. The zero-order valence-corrected chi connectivity index (χ0v) is 24.3. The highest BCUT2D eigenvalue weighted by Crippen LogP contribution is 2.43. The van der Waals surface area contributed by atoms with Crippen molar-refractivity contribution in [1.29, 1.82) is 15.8 Å². The molecule has 1 aliphatic rings. The summed E-state index contributed by atoms with van der Waals surface area (Å²) < 4.78 is 4.50. The van der Waals surface area contributed by atoms with E-state index in [1.54, 1.807) is 0 Å². The number of fused-ring (bicyclic) bond motifs is 6. The van der Waals surface area contributed by atoms with Gasteiger partial charge in [0.15, 0.2) is 0 Å². The number of allylic oxidation sites excluding steroid dienone is 1. The van der Waals surface area contributed by atoms with Gasteiger partial charge in [-0.2, -0.15) is 15.8 Å². The summed E-state index contributed by atoms with van der Waals surface area (Å²) >= 11 is 0. The van der Waals surface area contributed by atoms with Crippen LogP contribution in [0.15, 0.2) is 109 Å². The minimum atomic E-state index is -0.257. The molecule has 0 N–H and O–H groups in total. The first kappa shape index (κ1) is 26.2. The van der Waals surface area contributed by atoms with Gasteiger partial charge < -0.3 is 9.13 Å². The summed E-state index contributed by atoms with van der Waals surface area (Å²) in [6.07, 6.45) is 7.77. The van der Waals surface area contributed by atoms with Gasteiger partial charge in [-0.05, 0) is 83.4 Å². The lowest BCUT2D eigenvalue weighted by atomic mass is 9.82. The smallest absolute Gasteiger partial charge is 0.0991 e. The maximum atomic E-state index is 9.91. The van der Waals surface area contributed by atoms with E-state index in [-0.39, 0.29) is 11.8 Å². The first-order valence-corrected chi connectivity index (χ1v) is 14.8. The fraction of sp³-hybridized carbons (Fsp3) is 0.0769. The third-order valence-corrected chi connectivity index (χ3v) is 9.02. The van der Waals surface area contributed by atoms with Crippen LogP contribution in [-0.2, 0) is 0 Å². The van der Waals surface area contributed by atoms with Crippen molar-refractivity contribution >= 4 is 38.8 Å². The van der Waals surface area contributed by atoms with Gasteiger partial charge in [0.2, 0.25) is 0 Å². The third kappa shape index (κ3) is 3.96. The van der Waals surface area contributed by atoms with E-state index in [4.69, 9.17) is 0 Å². The van der Waals surface area contributed by atoms with E-state index in [2.05, 4.69) is 87.8 Å². The minimum Gasteiger partial charge on any atom is -0.309 e. The van der Waals surface area contributed by atoms with Crippen LogP contribution in [0, 0.1) is 39.9 Å². The number of hydrogen-bond donors (Lipinski definition) is 0. The van der Waals surface area contributed by atoms with Crippen LogP contribution in [0.2, 0.25) is 0 Å². The van der Waals surface area contributed by atoms with Crippen molar-refractivity contribution < 1.29 is 0 Å². The Labute approximate surface area is 259 Å². The first-order valence-electron chi connectivity index (χ1n) is 14.8. The number of benzene rings is 4. The normalized spacial score (nSPS) is 15.5. The van der Waals surface area contributed by atoms with Crippen LogP contribution in [0.3, 0.4) is 0 Å². The van der Waals surface area contributed by atoms with E-state index < -0.39 is 0 Å². The lowest BCUT2D eigenvalue weighted by Crippen LogP contribution is -2.11. The molecule has 6 heteroatoms. The summed E-state index contributed by atoms with van der Waals surface area (Å²) in [6.45, 7) is 2.09. The van der Waals surface area contributed by atoms with Crippen LogP contribution >= 0.6 is 0 Å². The molecule has 210 valence electrons. The molecule has 0 saturated carbocycles. The molecule has 0 saturated heterocycles. The van der Waals surface area contributed by atoms with Gasteiger partial charge in [-0.1, -0.05) is 43.3 Å². The van der Waals surface area contributed by atoms with Crippen molar-refractivity contribution in [2.75, 3.05) is 0 Å². The Kier molecular flexibility index (Phi) is 5.88. The fourth-order valence-corrected chi connectivity index (χ4v) is 6.88. The van der Waals surface area contributed by atoms with E-state index in [1.807, 2.05) is 67.0 Å². The van der Waals surface area contributed by atoms with Gasteiger partial charge in [0.25, 0.3) is 0 Å². The van der Waals surface area contributed by atoms with Crippen LogP contribution in [0.5, 0.6) is 0 Å². The van der Waals surface area contributed by atoms with Crippen molar-refractivity contribution in [3.05, 3.63) is 132 Å². The molecule has 0 aliphatic heterocycles. The van der Waals surface area contributed by atoms with E-state index in [9.17, 15) is 15.8 Å². The predicted molar refractivity (Wildman–Crippen MR) is 177 cm³/mol. The second-order valence-electron chi connectivity index (χ2n) is 11.5. The summed E-state index contributed by atoms with van der Waals surface area (Å²) in [7, 11) is 0. The largest absolute Gasteiger partial charge is 0.309 e. The second-order valence-corrected chi connectivity index (χ2v) is 11.5. The fourth-order valence-electron chi connectivity index (χ4n) is 6.88. The quantitative estimate of drug-likeness (QED) is 0.210. The molecule has 2 unspecified atom stereocenters.